The minimum atomic E-state index is -2.35. The number of anilines is 1. The molecule has 4 aliphatic carbocycles. The predicted octanol–water partition coefficient (Wildman–Crippen LogP) is 10.1. The molecule has 2 saturated carbocycles. The van der Waals surface area contributed by atoms with Gasteiger partial charge in [0.05, 0.1) is 40.6 Å². The molecule has 1 amide bonds. The molecule has 5 aromatic rings. The molecule has 24 heteroatoms. The molecule has 95 heavy (non-hydrogen) atoms. The number of hydrogen-bond acceptors (Lipinski definition) is 22. The van der Waals surface area contributed by atoms with E-state index in [0.29, 0.717) is 5.56 Å². The Labute approximate surface area is 553 Å². The summed E-state index contributed by atoms with van der Waals surface area (Å²) in [4.78, 5) is 100. The molecular weight excluding hydrogens is 1230 g/mol. The molecule has 512 valence electrons. The van der Waals surface area contributed by atoms with Gasteiger partial charge in [-0.1, -0.05) is 88.4 Å². The van der Waals surface area contributed by atoms with Crippen LogP contribution < -0.4 is 15.0 Å². The Kier molecular flexibility index (Phi) is 25.7. The zero-order valence-corrected chi connectivity index (χ0v) is 54.5. The largest absolute Gasteiger partial charge is 0.514 e. The van der Waals surface area contributed by atoms with Crippen molar-refractivity contribution in [2.75, 3.05) is 25.6 Å². The van der Waals surface area contributed by atoms with Crippen LogP contribution in [-0.4, -0.2) is 151 Å². The number of carbonyl (C=O) groups is 6. The monoisotopic (exact) mass is 1320 g/mol. The number of carbonyl (C=O) groups excluding carboxylic acids is 6. The lowest BCUT2D eigenvalue weighted by Crippen LogP contribution is -2.81. The van der Waals surface area contributed by atoms with Crippen LogP contribution >= 0.6 is 0 Å². The third kappa shape index (κ3) is 17.9. The van der Waals surface area contributed by atoms with Crippen LogP contribution in [0.5, 0.6) is 5.75 Å². The number of aliphatic hydroxyl groups excluding tert-OH is 3. The Hall–Kier alpha value is -8.94. The molecule has 24 nitrogen and oxygen atoms in total. The molecule has 1 saturated heterocycles. The number of alkyl carbamates (subject to hydrolysis) is 1. The number of fused-ring (bicyclic) bond motifs is 5. The van der Waals surface area contributed by atoms with Gasteiger partial charge in [-0.15, -0.1) is 0 Å². The highest BCUT2D eigenvalue weighted by Gasteiger charge is 2.78. The predicted molar refractivity (Wildman–Crippen MR) is 349 cm³/mol. The number of rotatable bonds is 12. The maximum absolute atomic E-state index is 14.9. The minimum Gasteiger partial charge on any atom is -0.456 e. The number of hydrogen-bond donors (Lipinski definition) is 5. The number of nitrogens with one attached hydrogen (secondary N) is 1. The number of aromatic nitrogens is 2. The first-order valence-corrected chi connectivity index (χ1v) is 31.0. The van der Waals surface area contributed by atoms with Crippen molar-refractivity contribution in [3.63, 3.8) is 0 Å². The van der Waals surface area contributed by atoms with Crippen LogP contribution in [0.4, 0.5) is 21.0 Å². The van der Waals surface area contributed by atoms with E-state index >= 15 is 0 Å². The van der Waals surface area contributed by atoms with Crippen LogP contribution in [0.2, 0.25) is 0 Å². The first kappa shape index (κ1) is 75.1. The van der Waals surface area contributed by atoms with Gasteiger partial charge in [-0.3, -0.25) is 29.7 Å². The fourth-order valence-electron chi connectivity index (χ4n) is 12.6. The van der Waals surface area contributed by atoms with E-state index in [-0.39, 0.29) is 54.7 Å². The maximum Gasteiger partial charge on any atom is 0.514 e. The summed E-state index contributed by atoms with van der Waals surface area (Å²) < 4.78 is 39.7. The Balaban J connectivity index is 0.000000310. The van der Waals surface area contributed by atoms with Crippen LogP contribution in [0.15, 0.2) is 163 Å². The molecule has 5 aliphatic rings. The number of aliphatic hydroxyl groups is 4. The van der Waals surface area contributed by atoms with E-state index in [1.165, 1.54) is 55.9 Å². The molecule has 2 bridgehead atoms. The van der Waals surface area contributed by atoms with Gasteiger partial charge in [0, 0.05) is 81.9 Å². The van der Waals surface area contributed by atoms with Gasteiger partial charge in [0.2, 0.25) is 0 Å². The molecule has 5 N–H and O–H groups in total. The summed E-state index contributed by atoms with van der Waals surface area (Å²) in [6.45, 7) is 11.8. The Morgan fingerprint density at radius 3 is 1.97 bits per heavy atom. The number of non-ortho nitro benzene ring substituents is 1. The summed E-state index contributed by atoms with van der Waals surface area (Å²) in [5.41, 5.74) is -7.01. The van der Waals surface area contributed by atoms with E-state index in [1.807, 2.05) is 61.5 Å². The highest BCUT2D eigenvalue weighted by Crippen LogP contribution is 2.64. The summed E-state index contributed by atoms with van der Waals surface area (Å²) in [7, 11) is 4.02. The Morgan fingerprint density at radius 2 is 1.43 bits per heavy atom. The topological polar surface area (TPSA) is 332 Å². The second kappa shape index (κ2) is 32.5. The van der Waals surface area contributed by atoms with Gasteiger partial charge in [0.15, 0.2) is 17.5 Å². The summed E-state index contributed by atoms with van der Waals surface area (Å²) in [6.07, 6.45) is 3.52. The Bertz CT molecular complexity index is 3430. The zero-order chi connectivity index (χ0) is 68.8. The number of allylic oxidation sites excluding steroid dienone is 1. The molecule has 12 atom stereocenters. The number of ether oxygens (including phenoxy) is 7. The van der Waals surface area contributed by atoms with E-state index in [9.17, 15) is 59.3 Å². The Morgan fingerprint density at radius 1 is 0.821 bits per heavy atom. The maximum atomic E-state index is 14.9. The quantitative estimate of drug-likeness (QED) is 0.0194. The lowest BCUT2D eigenvalue weighted by Gasteiger charge is -2.67. The van der Waals surface area contributed by atoms with Crippen molar-refractivity contribution in [3.05, 3.63) is 185 Å². The van der Waals surface area contributed by atoms with Crippen LogP contribution in [-0.2, 0) is 42.8 Å². The van der Waals surface area contributed by atoms with Crippen molar-refractivity contribution in [1.82, 2.24) is 15.3 Å². The van der Waals surface area contributed by atoms with Crippen molar-refractivity contribution in [1.29, 1.82) is 0 Å². The van der Waals surface area contributed by atoms with Gasteiger partial charge in [-0.05, 0) is 132 Å². The first-order valence-electron chi connectivity index (χ1n) is 31.0. The number of nitro benzene ring substituents is 1. The molecule has 3 fully saturated rings. The highest BCUT2D eigenvalue weighted by atomic mass is 16.7. The lowest BCUT2D eigenvalue weighted by atomic mass is 9.44. The van der Waals surface area contributed by atoms with Crippen molar-refractivity contribution >= 4 is 47.3 Å². The van der Waals surface area contributed by atoms with Gasteiger partial charge < -0.3 is 63.8 Å². The lowest BCUT2D eigenvalue weighted by molar-refractivity contribution is -0.384. The van der Waals surface area contributed by atoms with Crippen molar-refractivity contribution in [2.24, 2.45) is 16.7 Å². The summed E-state index contributed by atoms with van der Waals surface area (Å²) >= 11 is 0. The van der Waals surface area contributed by atoms with Crippen LogP contribution in [0.25, 0.3) is 0 Å². The average Bonchev–Trinajstić information content (AvgIpc) is 0.671. The summed E-state index contributed by atoms with van der Waals surface area (Å²) in [5, 5.41) is 62.1. The number of ketones is 1. The number of benzene rings is 3. The molecule has 3 aromatic carbocycles. The van der Waals surface area contributed by atoms with E-state index < -0.39 is 124 Å². The molecule has 0 radical (unpaired) electrons. The second-order valence-corrected chi connectivity index (χ2v) is 25.5. The number of nitro groups is 1. The molecule has 1 unspecified atom stereocenters. The van der Waals surface area contributed by atoms with Gasteiger partial charge in [0.25, 0.3) is 5.69 Å². The molecule has 2 aromatic heterocycles. The summed E-state index contributed by atoms with van der Waals surface area (Å²) in [5.74, 6) is -5.14. The summed E-state index contributed by atoms with van der Waals surface area (Å²) in [6, 6.07) is 29.6. The third-order valence-electron chi connectivity index (χ3n) is 17.5. The number of amides is 1. The molecule has 3 heterocycles. The number of nitrogens with zero attached hydrogens (tertiary/aromatic N) is 4. The molecular formula is C71H89N5O19. The van der Waals surface area contributed by atoms with E-state index in [0.717, 1.165) is 39.0 Å². The SMILES string of the molecule is C.CC(=O)O[C@@]12CO[C@@H]1C[C@H](O)[C@@]1(C)C(=O)[C@H](O)C3=C(C)[C@@H](OC(=O)[C@H](O)[C@@H](NC(=O)OC(C)(C)C)c4ccccc4)C[C@@](O)([C@@H](OC(=O)c4ccccc4)[C@H]21)C3(C)C.CN(C)c1ccncc1.O=C(Oc1ccc([N+](=O)[O-])cc1)OC1/C=C/CCCCC1.c1ccncc1. The van der Waals surface area contributed by atoms with Crippen molar-refractivity contribution in [3.8, 4) is 5.75 Å². The highest BCUT2D eigenvalue weighted by molar-refractivity contribution is 5.94. The normalized spacial score (nSPS) is 26.3. The smallest absolute Gasteiger partial charge is 0.456 e. The number of esters is 3. The molecule has 10 rings (SSSR count). The van der Waals surface area contributed by atoms with E-state index in [2.05, 4.69) is 15.3 Å². The third-order valence-corrected chi connectivity index (χ3v) is 17.5. The standard InChI is InChI=1S/C43H53NO14.C15H17NO5.C7H10N2.C5H5N.CH4/c1-22-26(55-37(51)32(48)30(24-15-11-9-12-16-24)44-38(52)58-39(3,4)5)20-43(53)35(56-36(50)25-17-13-10-14-18-25)33-41(8,34(49)31(47)29(22)40(43,6)7)27(46)19-28-42(33,21-54-28)57-23(2)45;17-15(20-13-6-4-2-1-3-5-7-13)21-14-10-8-12(9-11-14)16(18)19;1-9(2)7-3-5-8-6-4-7;1-2-4-6-5-3-1;/h9-18,26-28,30-33,35,46-48,53H,19-21H2,1-8H3,(H,44,52);4,6,8-11,13H,1-3,5,7H2;3-6H,1-2H3;1-5H;1H4/b;6-4+;;;/t26-,27-,28+,30-,31+,32+,33-,35-,41+,42-,43+;;;;/m0..../s1. The number of Topliss-reactive ketones (excluding diaryl/α,β-unsaturated/α-hetero) is 1. The number of pyridine rings is 2. The van der Waals surface area contributed by atoms with Crippen LogP contribution in [0, 0.1) is 26.9 Å². The fourth-order valence-corrected chi connectivity index (χ4v) is 12.6. The zero-order valence-electron chi connectivity index (χ0n) is 54.5. The minimum absolute atomic E-state index is 0. The van der Waals surface area contributed by atoms with E-state index in [1.54, 1.807) is 108 Å². The average molecular weight is 1320 g/mol. The van der Waals surface area contributed by atoms with Crippen molar-refractivity contribution < 1.29 is 87.3 Å². The first-order chi connectivity index (χ1) is 44.4. The molecule has 1 aliphatic heterocycles. The van der Waals surface area contributed by atoms with Gasteiger partial charge in [-0.25, -0.2) is 19.2 Å². The second-order valence-electron chi connectivity index (χ2n) is 25.5. The van der Waals surface area contributed by atoms with E-state index in [4.69, 9.17) is 33.2 Å². The van der Waals surface area contributed by atoms with Gasteiger partial charge >= 0.3 is 30.2 Å². The van der Waals surface area contributed by atoms with Crippen molar-refractivity contribution in [2.45, 2.75) is 173 Å². The van der Waals surface area contributed by atoms with Gasteiger partial charge in [-0.2, -0.15) is 0 Å². The van der Waals surface area contributed by atoms with Crippen LogP contribution in [0.3, 0.4) is 0 Å². The van der Waals surface area contributed by atoms with Gasteiger partial charge in [0.1, 0.15) is 47.5 Å². The van der Waals surface area contributed by atoms with Crippen LogP contribution in [0.1, 0.15) is 130 Å². The molecule has 0 spiro atoms. The fraction of sp³-hybridized carbons (Fsp3) is 0.465.